The summed E-state index contributed by atoms with van der Waals surface area (Å²) >= 11 is 0. The minimum absolute atomic E-state index is 0.148. The number of aliphatic carboxylic acids is 1. The number of alkyl halides is 3. The molecule has 2 N–H and O–H groups in total. The van der Waals surface area contributed by atoms with Gasteiger partial charge in [-0.15, -0.1) is 0 Å². The highest BCUT2D eigenvalue weighted by atomic mass is 19.4. The first kappa shape index (κ1) is 26.7. The maximum absolute atomic E-state index is 14.2. The third-order valence-corrected chi connectivity index (χ3v) is 6.74. The summed E-state index contributed by atoms with van der Waals surface area (Å²) in [5.41, 5.74) is 0.650. The van der Waals surface area contributed by atoms with Crippen LogP contribution in [0, 0.1) is 19.8 Å². The number of hydrogen-bond donors (Lipinski definition) is 2. The Morgan fingerprint density at radius 1 is 1.17 bits per heavy atom. The Labute approximate surface area is 202 Å². The van der Waals surface area contributed by atoms with Crippen LogP contribution in [0.15, 0.2) is 24.4 Å². The van der Waals surface area contributed by atoms with Gasteiger partial charge < -0.3 is 15.1 Å². The van der Waals surface area contributed by atoms with Gasteiger partial charge in [0.1, 0.15) is 0 Å². The fraction of sp³-hybridized carbons (Fsp3) is 0.560. The molecule has 1 aliphatic carbocycles. The number of aliphatic hydroxyl groups is 1. The number of aromatic nitrogens is 2. The van der Waals surface area contributed by atoms with Gasteiger partial charge in [-0.25, -0.2) is 0 Å². The predicted molar refractivity (Wildman–Crippen MR) is 123 cm³/mol. The van der Waals surface area contributed by atoms with E-state index in [9.17, 15) is 33.0 Å². The zero-order valence-corrected chi connectivity index (χ0v) is 20.2. The van der Waals surface area contributed by atoms with Gasteiger partial charge in [-0.05, 0) is 62.6 Å². The average molecular weight is 496 g/mol. The SMILES string of the molecule is CCCN(C[C@H](O)c1c(C)cccc1C)C(=O)c1cnn(C2CCC(C(=O)O)CC2)c1C(F)(F)F. The van der Waals surface area contributed by atoms with E-state index in [1.165, 1.54) is 4.90 Å². The van der Waals surface area contributed by atoms with Crippen LogP contribution in [0.3, 0.4) is 0 Å². The van der Waals surface area contributed by atoms with E-state index in [-0.39, 0.29) is 38.8 Å². The fourth-order valence-electron chi connectivity index (χ4n) is 5.01. The third-order valence-electron chi connectivity index (χ3n) is 6.74. The van der Waals surface area contributed by atoms with E-state index >= 15 is 0 Å². The smallest absolute Gasteiger partial charge is 0.433 e. The normalized spacial score (nSPS) is 19.4. The Bertz CT molecular complexity index is 1040. The number of halogens is 3. The second kappa shape index (κ2) is 10.8. The number of rotatable bonds is 8. The van der Waals surface area contributed by atoms with Crippen molar-refractivity contribution < 1.29 is 33.0 Å². The lowest BCUT2D eigenvalue weighted by Gasteiger charge is -2.29. The van der Waals surface area contributed by atoms with Crippen molar-refractivity contribution in [3.63, 3.8) is 0 Å². The molecular weight excluding hydrogens is 463 g/mol. The maximum Gasteiger partial charge on any atom is 0.433 e. The lowest BCUT2D eigenvalue weighted by Crippen LogP contribution is -2.37. The van der Waals surface area contributed by atoms with Crippen molar-refractivity contribution in [3.05, 3.63) is 52.3 Å². The Morgan fingerprint density at radius 2 is 1.77 bits per heavy atom. The molecule has 3 rings (SSSR count). The molecule has 35 heavy (non-hydrogen) atoms. The van der Waals surface area contributed by atoms with Crippen LogP contribution < -0.4 is 0 Å². The number of aliphatic hydroxyl groups excluding tert-OH is 1. The minimum Gasteiger partial charge on any atom is -0.481 e. The van der Waals surface area contributed by atoms with E-state index in [1.807, 2.05) is 32.0 Å². The Morgan fingerprint density at radius 3 is 2.29 bits per heavy atom. The zero-order valence-electron chi connectivity index (χ0n) is 20.2. The summed E-state index contributed by atoms with van der Waals surface area (Å²) in [7, 11) is 0. The van der Waals surface area contributed by atoms with Gasteiger partial charge in [0, 0.05) is 6.54 Å². The highest BCUT2D eigenvalue weighted by molar-refractivity contribution is 5.95. The monoisotopic (exact) mass is 495 g/mol. The van der Waals surface area contributed by atoms with E-state index in [2.05, 4.69) is 5.10 Å². The second-order valence-electron chi connectivity index (χ2n) is 9.27. The lowest BCUT2D eigenvalue weighted by atomic mass is 9.86. The molecule has 192 valence electrons. The summed E-state index contributed by atoms with van der Waals surface area (Å²) in [6, 6.07) is 4.89. The van der Waals surface area contributed by atoms with Gasteiger partial charge in [0.2, 0.25) is 0 Å². The summed E-state index contributed by atoms with van der Waals surface area (Å²) < 4.78 is 43.4. The van der Waals surface area contributed by atoms with E-state index in [0.29, 0.717) is 12.0 Å². The lowest BCUT2D eigenvalue weighted by molar-refractivity contribution is -0.147. The number of carbonyl (C=O) groups is 2. The standard InChI is InChI=1S/C25H32F3N3O4/c1-4-12-30(14-20(32)21-15(2)6-5-7-16(21)3)23(33)19-13-29-31(22(19)25(26,27)28)18-10-8-17(9-11-18)24(34)35/h5-7,13,17-18,20,32H,4,8-12,14H2,1-3H3,(H,34,35)/t17?,18?,20-/m0/s1. The molecule has 0 radical (unpaired) electrons. The van der Waals surface area contributed by atoms with Crippen LogP contribution in [0.4, 0.5) is 13.2 Å². The summed E-state index contributed by atoms with van der Waals surface area (Å²) in [5, 5.41) is 24.0. The predicted octanol–water partition coefficient (Wildman–Crippen LogP) is 4.92. The molecule has 0 spiro atoms. The average Bonchev–Trinajstić information content (AvgIpc) is 3.24. The zero-order chi connectivity index (χ0) is 25.9. The van der Waals surface area contributed by atoms with Crippen molar-refractivity contribution in [1.82, 2.24) is 14.7 Å². The van der Waals surface area contributed by atoms with Crippen molar-refractivity contribution in [2.45, 2.75) is 71.2 Å². The number of benzene rings is 1. The van der Waals surface area contributed by atoms with Crippen LogP contribution in [0.1, 0.15) is 83.9 Å². The molecule has 1 atom stereocenters. The van der Waals surface area contributed by atoms with Gasteiger partial charge in [0.15, 0.2) is 5.69 Å². The number of aryl methyl sites for hydroxylation is 2. The highest BCUT2D eigenvalue weighted by Gasteiger charge is 2.43. The number of hydrogen-bond acceptors (Lipinski definition) is 4. The van der Waals surface area contributed by atoms with Gasteiger partial charge in [-0.1, -0.05) is 25.1 Å². The molecule has 0 bridgehead atoms. The summed E-state index contributed by atoms with van der Waals surface area (Å²) in [5.74, 6) is -2.37. The Kier molecular flexibility index (Phi) is 8.25. The first-order chi connectivity index (χ1) is 16.5. The third kappa shape index (κ3) is 5.86. The van der Waals surface area contributed by atoms with Gasteiger partial charge in [0.25, 0.3) is 5.91 Å². The van der Waals surface area contributed by atoms with E-state index < -0.39 is 47.4 Å². The van der Waals surface area contributed by atoms with Gasteiger partial charge in [0.05, 0.1) is 36.4 Å². The topological polar surface area (TPSA) is 95.7 Å². The highest BCUT2D eigenvalue weighted by Crippen LogP contribution is 2.39. The molecule has 1 aliphatic rings. The molecule has 7 nitrogen and oxygen atoms in total. The van der Waals surface area contributed by atoms with E-state index in [4.69, 9.17) is 0 Å². The molecule has 1 saturated carbocycles. The van der Waals surface area contributed by atoms with Crippen molar-refractivity contribution >= 4 is 11.9 Å². The maximum atomic E-state index is 14.2. The fourth-order valence-corrected chi connectivity index (χ4v) is 5.01. The molecule has 1 heterocycles. The number of amides is 1. The summed E-state index contributed by atoms with van der Waals surface area (Å²) in [6.07, 6.45) is -3.45. The number of nitrogens with zero attached hydrogens (tertiary/aromatic N) is 3. The van der Waals surface area contributed by atoms with Crippen LogP contribution in [-0.2, 0) is 11.0 Å². The van der Waals surface area contributed by atoms with Crippen LogP contribution in [0.25, 0.3) is 0 Å². The number of carboxylic acids is 1. The van der Waals surface area contributed by atoms with Crippen molar-refractivity contribution in [2.75, 3.05) is 13.1 Å². The summed E-state index contributed by atoms with van der Waals surface area (Å²) in [4.78, 5) is 25.8. The molecule has 1 amide bonds. The summed E-state index contributed by atoms with van der Waals surface area (Å²) in [6.45, 7) is 5.50. The van der Waals surface area contributed by atoms with E-state index in [1.54, 1.807) is 6.92 Å². The van der Waals surface area contributed by atoms with Crippen LogP contribution in [0.5, 0.6) is 0 Å². The van der Waals surface area contributed by atoms with E-state index in [0.717, 1.165) is 22.0 Å². The molecule has 0 unspecified atom stereocenters. The van der Waals surface area contributed by atoms with Crippen LogP contribution in [0.2, 0.25) is 0 Å². The molecule has 0 aliphatic heterocycles. The van der Waals surface area contributed by atoms with Gasteiger partial charge in [-0.2, -0.15) is 18.3 Å². The Balaban J connectivity index is 1.90. The second-order valence-corrected chi connectivity index (χ2v) is 9.27. The van der Waals surface area contributed by atoms with Gasteiger partial charge >= 0.3 is 12.1 Å². The number of carbonyl (C=O) groups excluding carboxylic acids is 1. The molecule has 1 fully saturated rings. The number of carboxylic acid groups (broad SMARTS) is 1. The Hall–Kier alpha value is -2.88. The molecule has 1 aromatic carbocycles. The quantitative estimate of drug-likeness (QED) is 0.542. The van der Waals surface area contributed by atoms with Crippen molar-refractivity contribution in [1.29, 1.82) is 0 Å². The largest absolute Gasteiger partial charge is 0.481 e. The van der Waals surface area contributed by atoms with Crippen LogP contribution >= 0.6 is 0 Å². The van der Waals surface area contributed by atoms with Crippen LogP contribution in [-0.4, -0.2) is 49.9 Å². The molecule has 0 saturated heterocycles. The first-order valence-electron chi connectivity index (χ1n) is 11.9. The molecule has 10 heteroatoms. The van der Waals surface area contributed by atoms with Crippen molar-refractivity contribution in [3.8, 4) is 0 Å². The first-order valence-corrected chi connectivity index (χ1v) is 11.9. The minimum atomic E-state index is -4.83. The molecule has 1 aromatic heterocycles. The molecular formula is C25H32F3N3O4. The van der Waals surface area contributed by atoms with Gasteiger partial charge in [-0.3, -0.25) is 14.3 Å². The van der Waals surface area contributed by atoms with Crippen molar-refractivity contribution in [2.24, 2.45) is 5.92 Å². The molecule has 2 aromatic rings.